The monoisotopic (exact) mass is 305 g/mol. The Bertz CT molecular complexity index is 479. The van der Waals surface area contributed by atoms with Gasteiger partial charge in [-0.3, -0.25) is 9.59 Å². The first-order chi connectivity index (χ1) is 8.95. The van der Waals surface area contributed by atoms with Gasteiger partial charge in [0.25, 0.3) is 5.91 Å². The van der Waals surface area contributed by atoms with Crippen molar-refractivity contribution in [3.63, 3.8) is 0 Å². The number of aliphatic carboxylic acids is 1. The van der Waals surface area contributed by atoms with Crippen molar-refractivity contribution >= 4 is 35.1 Å². The van der Waals surface area contributed by atoms with Crippen LogP contribution in [0.25, 0.3) is 0 Å². The highest BCUT2D eigenvalue weighted by Gasteiger charge is 2.20. The number of carbonyl (C=O) groups is 2. The highest BCUT2D eigenvalue weighted by atomic mass is 35.5. The van der Waals surface area contributed by atoms with Crippen LogP contribution in [-0.2, 0) is 9.53 Å². The largest absolute Gasteiger partial charge is 0.480 e. The van der Waals surface area contributed by atoms with Gasteiger partial charge in [0, 0.05) is 18.7 Å². The molecule has 0 heterocycles. The molecule has 0 aliphatic rings. The van der Waals surface area contributed by atoms with Crippen molar-refractivity contribution in [3.05, 3.63) is 33.8 Å². The first kappa shape index (κ1) is 15.8. The van der Waals surface area contributed by atoms with E-state index in [1.165, 1.54) is 25.3 Å². The van der Waals surface area contributed by atoms with Gasteiger partial charge in [-0.2, -0.15) is 0 Å². The second kappa shape index (κ2) is 7.33. The summed E-state index contributed by atoms with van der Waals surface area (Å²) in [7, 11) is 1.47. The molecule has 0 saturated carbocycles. The molecule has 0 atom stereocenters. The summed E-state index contributed by atoms with van der Waals surface area (Å²) in [5.74, 6) is -1.57. The molecule has 104 valence electrons. The average Bonchev–Trinajstić information content (AvgIpc) is 2.33. The molecule has 0 saturated heterocycles. The van der Waals surface area contributed by atoms with Gasteiger partial charge >= 0.3 is 5.97 Å². The lowest BCUT2D eigenvalue weighted by Gasteiger charge is -2.20. The van der Waals surface area contributed by atoms with Crippen LogP contribution in [0.5, 0.6) is 0 Å². The summed E-state index contributed by atoms with van der Waals surface area (Å²) >= 11 is 11.7. The molecule has 0 spiro atoms. The molecule has 1 rings (SSSR count). The summed E-state index contributed by atoms with van der Waals surface area (Å²) in [4.78, 5) is 24.1. The minimum atomic E-state index is -1.10. The van der Waals surface area contributed by atoms with E-state index in [-0.39, 0.29) is 23.7 Å². The number of hydrogen-bond acceptors (Lipinski definition) is 3. The van der Waals surface area contributed by atoms with E-state index in [1.807, 2.05) is 0 Å². The van der Waals surface area contributed by atoms with Crippen molar-refractivity contribution in [2.24, 2.45) is 0 Å². The molecule has 0 fully saturated rings. The van der Waals surface area contributed by atoms with Gasteiger partial charge in [0.2, 0.25) is 0 Å². The van der Waals surface area contributed by atoms with Gasteiger partial charge in [-0.05, 0) is 18.2 Å². The smallest absolute Gasteiger partial charge is 0.323 e. The Morgan fingerprint density at radius 2 is 2.05 bits per heavy atom. The highest BCUT2D eigenvalue weighted by Crippen LogP contribution is 2.22. The van der Waals surface area contributed by atoms with E-state index in [4.69, 9.17) is 33.0 Å². The highest BCUT2D eigenvalue weighted by molar-refractivity contribution is 6.36. The van der Waals surface area contributed by atoms with Gasteiger partial charge in [0.1, 0.15) is 6.54 Å². The fraction of sp³-hybridized carbons (Fsp3) is 0.333. The van der Waals surface area contributed by atoms with E-state index in [0.29, 0.717) is 5.02 Å². The second-order valence-electron chi connectivity index (χ2n) is 3.74. The van der Waals surface area contributed by atoms with E-state index in [2.05, 4.69) is 0 Å². The number of carbonyl (C=O) groups excluding carboxylic acids is 1. The van der Waals surface area contributed by atoms with Crippen molar-refractivity contribution in [1.29, 1.82) is 0 Å². The number of benzene rings is 1. The Hall–Kier alpha value is -1.30. The van der Waals surface area contributed by atoms with Crippen LogP contribution in [0.4, 0.5) is 0 Å². The van der Waals surface area contributed by atoms with Crippen LogP contribution < -0.4 is 0 Å². The minimum Gasteiger partial charge on any atom is -0.480 e. The van der Waals surface area contributed by atoms with Gasteiger partial charge in [-0.1, -0.05) is 23.2 Å². The standard InChI is InChI=1S/C12H13Cl2NO4/c1-19-5-4-15(7-11(16)17)12(18)9-3-2-8(13)6-10(9)14/h2-3,6H,4-5,7H2,1H3,(H,16,17). The molecule has 0 radical (unpaired) electrons. The third-order valence-corrected chi connectivity index (χ3v) is 2.89. The lowest BCUT2D eigenvalue weighted by molar-refractivity contribution is -0.137. The van der Waals surface area contributed by atoms with Crippen LogP contribution in [-0.4, -0.2) is 48.7 Å². The SMILES string of the molecule is COCCN(CC(=O)O)C(=O)c1ccc(Cl)cc1Cl. The van der Waals surface area contributed by atoms with E-state index in [9.17, 15) is 9.59 Å². The summed E-state index contributed by atoms with van der Waals surface area (Å²) < 4.78 is 4.85. The summed E-state index contributed by atoms with van der Waals surface area (Å²) in [6.45, 7) is -0.00797. The number of hydrogen-bond donors (Lipinski definition) is 1. The maximum atomic E-state index is 12.2. The molecule has 7 heteroatoms. The van der Waals surface area contributed by atoms with Crippen LogP contribution in [0, 0.1) is 0 Å². The van der Waals surface area contributed by atoms with Crippen molar-refractivity contribution in [2.75, 3.05) is 26.8 Å². The molecular formula is C12H13Cl2NO4. The average molecular weight is 306 g/mol. The Morgan fingerprint density at radius 1 is 1.37 bits per heavy atom. The zero-order chi connectivity index (χ0) is 14.4. The first-order valence-corrected chi connectivity index (χ1v) is 6.16. The predicted octanol–water partition coefficient (Wildman–Crippen LogP) is 2.17. The van der Waals surface area contributed by atoms with E-state index in [0.717, 1.165) is 4.90 Å². The first-order valence-electron chi connectivity index (χ1n) is 5.40. The summed E-state index contributed by atoms with van der Waals surface area (Å²) in [5.41, 5.74) is 0.211. The fourth-order valence-corrected chi connectivity index (χ4v) is 1.94. The normalized spacial score (nSPS) is 10.3. The topological polar surface area (TPSA) is 66.8 Å². The maximum Gasteiger partial charge on any atom is 0.323 e. The zero-order valence-corrected chi connectivity index (χ0v) is 11.7. The number of methoxy groups -OCH3 is 1. The quantitative estimate of drug-likeness (QED) is 0.874. The Labute approximate surface area is 120 Å². The van der Waals surface area contributed by atoms with Crippen LogP contribution in [0.3, 0.4) is 0 Å². The van der Waals surface area contributed by atoms with E-state index in [1.54, 1.807) is 0 Å². The number of amides is 1. The zero-order valence-electron chi connectivity index (χ0n) is 10.2. The Balaban J connectivity index is 2.93. The van der Waals surface area contributed by atoms with Gasteiger partial charge in [0.15, 0.2) is 0 Å². The molecule has 5 nitrogen and oxygen atoms in total. The number of carboxylic acids is 1. The van der Waals surface area contributed by atoms with Crippen molar-refractivity contribution in [1.82, 2.24) is 4.90 Å². The summed E-state index contributed by atoms with van der Waals surface area (Å²) in [6, 6.07) is 4.43. The van der Waals surface area contributed by atoms with E-state index < -0.39 is 18.4 Å². The molecule has 0 unspecified atom stereocenters. The van der Waals surface area contributed by atoms with Crippen molar-refractivity contribution < 1.29 is 19.4 Å². The molecule has 0 aliphatic heterocycles. The van der Waals surface area contributed by atoms with Crippen LogP contribution >= 0.6 is 23.2 Å². The van der Waals surface area contributed by atoms with Crippen molar-refractivity contribution in [3.8, 4) is 0 Å². The molecule has 0 bridgehead atoms. The Morgan fingerprint density at radius 3 is 2.58 bits per heavy atom. The van der Waals surface area contributed by atoms with Gasteiger partial charge in [-0.25, -0.2) is 0 Å². The molecule has 1 aromatic carbocycles. The molecule has 19 heavy (non-hydrogen) atoms. The van der Waals surface area contributed by atoms with Crippen LogP contribution in [0.15, 0.2) is 18.2 Å². The fourth-order valence-electron chi connectivity index (χ4n) is 1.45. The predicted molar refractivity (Wildman–Crippen MR) is 71.9 cm³/mol. The molecule has 0 aromatic heterocycles. The van der Waals surface area contributed by atoms with Crippen molar-refractivity contribution in [2.45, 2.75) is 0 Å². The lowest BCUT2D eigenvalue weighted by Crippen LogP contribution is -2.38. The third-order valence-electron chi connectivity index (χ3n) is 2.34. The number of ether oxygens (including phenoxy) is 1. The number of carboxylic acid groups (broad SMARTS) is 1. The minimum absolute atomic E-state index is 0.167. The molecular weight excluding hydrogens is 293 g/mol. The van der Waals surface area contributed by atoms with E-state index >= 15 is 0 Å². The maximum absolute atomic E-state index is 12.2. The second-order valence-corrected chi connectivity index (χ2v) is 4.58. The Kier molecular flexibility index (Phi) is 6.08. The summed E-state index contributed by atoms with van der Waals surface area (Å²) in [5, 5.41) is 9.39. The van der Waals surface area contributed by atoms with Gasteiger partial charge < -0.3 is 14.7 Å². The third kappa shape index (κ3) is 4.70. The molecule has 0 aliphatic carbocycles. The van der Waals surface area contributed by atoms with Crippen LogP contribution in [0.2, 0.25) is 10.0 Å². The van der Waals surface area contributed by atoms with Gasteiger partial charge in [0.05, 0.1) is 17.2 Å². The van der Waals surface area contributed by atoms with Crippen LogP contribution in [0.1, 0.15) is 10.4 Å². The lowest BCUT2D eigenvalue weighted by atomic mass is 10.2. The van der Waals surface area contributed by atoms with Gasteiger partial charge in [-0.15, -0.1) is 0 Å². The number of rotatable bonds is 6. The summed E-state index contributed by atoms with van der Waals surface area (Å²) in [6.07, 6.45) is 0. The number of nitrogens with zero attached hydrogens (tertiary/aromatic N) is 1. The molecule has 1 N–H and O–H groups in total. The number of halogens is 2. The molecule has 1 aromatic rings. The molecule has 1 amide bonds.